The van der Waals surface area contributed by atoms with Crippen LogP contribution < -0.4 is 5.32 Å². The van der Waals surface area contributed by atoms with E-state index in [4.69, 9.17) is 0 Å². The van der Waals surface area contributed by atoms with Crippen molar-refractivity contribution in [3.8, 4) is 11.5 Å². The Morgan fingerprint density at radius 1 is 1.33 bits per heavy atom. The fourth-order valence-corrected chi connectivity index (χ4v) is 4.40. The lowest BCUT2D eigenvalue weighted by Gasteiger charge is -2.38. The van der Waals surface area contributed by atoms with Gasteiger partial charge in [-0.2, -0.15) is 0 Å². The lowest BCUT2D eigenvalue weighted by molar-refractivity contribution is 0.0892. The predicted molar refractivity (Wildman–Crippen MR) is 94.5 cm³/mol. The molecular formula is C18H22N2O3S. The lowest BCUT2D eigenvalue weighted by Crippen LogP contribution is -2.41. The van der Waals surface area contributed by atoms with Crippen molar-refractivity contribution in [1.82, 2.24) is 10.2 Å². The minimum atomic E-state index is -0.370. The van der Waals surface area contributed by atoms with E-state index in [1.807, 2.05) is 0 Å². The lowest BCUT2D eigenvalue weighted by atomic mass is 9.88. The number of para-hydroxylation sites is 1. The first-order valence-corrected chi connectivity index (χ1v) is 8.98. The van der Waals surface area contributed by atoms with Crippen LogP contribution >= 0.6 is 11.3 Å². The maximum absolute atomic E-state index is 12.3. The van der Waals surface area contributed by atoms with Crippen molar-refractivity contribution in [3.05, 3.63) is 46.2 Å². The molecule has 0 aliphatic carbocycles. The molecule has 6 heteroatoms. The van der Waals surface area contributed by atoms with Crippen molar-refractivity contribution in [1.29, 1.82) is 0 Å². The number of hydrogen-bond acceptors (Lipinski definition) is 5. The molecule has 0 saturated carbocycles. The Morgan fingerprint density at radius 2 is 2.17 bits per heavy atom. The van der Waals surface area contributed by atoms with Gasteiger partial charge in [0.15, 0.2) is 11.5 Å². The Bertz CT molecular complexity index is 702. The summed E-state index contributed by atoms with van der Waals surface area (Å²) in [6, 6.07) is 8.92. The van der Waals surface area contributed by atoms with Crippen LogP contribution in [0, 0.1) is 5.92 Å². The highest BCUT2D eigenvalue weighted by Gasteiger charge is 2.31. The summed E-state index contributed by atoms with van der Waals surface area (Å²) in [5, 5.41) is 24.4. The largest absolute Gasteiger partial charge is 0.504 e. The number of piperidine rings is 1. The van der Waals surface area contributed by atoms with Gasteiger partial charge in [-0.15, -0.1) is 11.3 Å². The monoisotopic (exact) mass is 346 g/mol. The average molecular weight is 346 g/mol. The van der Waals surface area contributed by atoms with Crippen molar-refractivity contribution < 1.29 is 15.0 Å². The molecular weight excluding hydrogens is 324 g/mol. The fraction of sp³-hybridized carbons (Fsp3) is 0.389. The molecule has 0 unspecified atom stereocenters. The first kappa shape index (κ1) is 16.8. The van der Waals surface area contributed by atoms with Gasteiger partial charge in [0.2, 0.25) is 0 Å². The topological polar surface area (TPSA) is 72.8 Å². The van der Waals surface area contributed by atoms with Crippen LogP contribution in [0.4, 0.5) is 0 Å². The summed E-state index contributed by atoms with van der Waals surface area (Å²) in [5.41, 5.74) is 0.104. The van der Waals surface area contributed by atoms with E-state index in [1.165, 1.54) is 17.0 Å². The number of rotatable bonds is 4. The van der Waals surface area contributed by atoms with Gasteiger partial charge in [0.1, 0.15) is 0 Å². The number of nitrogens with one attached hydrogen (secondary N) is 1. The van der Waals surface area contributed by atoms with Gasteiger partial charge in [0.25, 0.3) is 5.91 Å². The van der Waals surface area contributed by atoms with E-state index in [2.05, 4.69) is 34.8 Å². The van der Waals surface area contributed by atoms with Gasteiger partial charge in [-0.1, -0.05) is 12.1 Å². The maximum Gasteiger partial charge on any atom is 0.255 e. The number of carbonyl (C=O) groups excluding carboxylic acids is 1. The second-order valence-electron chi connectivity index (χ2n) is 6.23. The third-order valence-corrected chi connectivity index (χ3v) is 5.57. The molecule has 1 fully saturated rings. The Balaban J connectivity index is 1.70. The first-order chi connectivity index (χ1) is 11.6. The van der Waals surface area contributed by atoms with Gasteiger partial charge in [0.05, 0.1) is 5.56 Å². The molecule has 3 N–H and O–H groups in total. The second kappa shape index (κ2) is 7.23. The number of hydrogen-bond donors (Lipinski definition) is 3. The summed E-state index contributed by atoms with van der Waals surface area (Å²) in [6.45, 7) is 1.60. The Labute approximate surface area is 145 Å². The van der Waals surface area contributed by atoms with Gasteiger partial charge >= 0.3 is 0 Å². The van der Waals surface area contributed by atoms with Gasteiger partial charge in [-0.3, -0.25) is 9.69 Å². The van der Waals surface area contributed by atoms with Crippen LogP contribution in [0.3, 0.4) is 0 Å². The van der Waals surface area contributed by atoms with Crippen molar-refractivity contribution in [3.63, 3.8) is 0 Å². The van der Waals surface area contributed by atoms with Crippen LogP contribution in [0.15, 0.2) is 35.7 Å². The first-order valence-electron chi connectivity index (χ1n) is 8.10. The predicted octanol–water partition coefficient (Wildman–Crippen LogP) is 2.97. The van der Waals surface area contributed by atoms with Crippen molar-refractivity contribution >= 4 is 17.2 Å². The summed E-state index contributed by atoms with van der Waals surface area (Å²) >= 11 is 1.74. The molecule has 5 nitrogen and oxygen atoms in total. The van der Waals surface area contributed by atoms with Crippen molar-refractivity contribution in [2.24, 2.45) is 5.92 Å². The summed E-state index contributed by atoms with van der Waals surface area (Å²) in [5.74, 6) is -0.686. The van der Waals surface area contributed by atoms with E-state index in [0.717, 1.165) is 19.4 Å². The molecule has 1 saturated heterocycles. The van der Waals surface area contributed by atoms with E-state index >= 15 is 0 Å². The van der Waals surface area contributed by atoms with Crippen LogP contribution in [-0.2, 0) is 0 Å². The molecule has 1 aliphatic heterocycles. The highest BCUT2D eigenvalue weighted by Crippen LogP contribution is 2.37. The van der Waals surface area contributed by atoms with E-state index in [0.29, 0.717) is 18.5 Å². The minimum absolute atomic E-state index is 0.104. The molecule has 2 aromatic rings. The number of aromatic hydroxyl groups is 2. The summed E-state index contributed by atoms with van der Waals surface area (Å²) in [7, 11) is 2.12. The standard InChI is InChI=1S/C18H22N2O3S/c1-20-9-3-5-12(16(20)15-8-4-10-24-15)11-19-18(23)13-6-2-7-14(21)17(13)22/h2,4,6-8,10,12,16,21-22H,3,5,9,11H2,1H3,(H,19,23)/t12-,16+/m0/s1. The van der Waals surface area contributed by atoms with E-state index in [9.17, 15) is 15.0 Å². The van der Waals surface area contributed by atoms with Gasteiger partial charge in [-0.25, -0.2) is 0 Å². The van der Waals surface area contributed by atoms with E-state index in [-0.39, 0.29) is 23.0 Å². The number of amides is 1. The molecule has 3 rings (SSSR count). The van der Waals surface area contributed by atoms with E-state index in [1.54, 1.807) is 17.4 Å². The zero-order valence-electron chi connectivity index (χ0n) is 13.6. The molecule has 1 aromatic heterocycles. The molecule has 128 valence electrons. The zero-order chi connectivity index (χ0) is 17.1. The van der Waals surface area contributed by atoms with E-state index < -0.39 is 0 Å². The molecule has 1 amide bonds. The molecule has 1 aliphatic rings. The maximum atomic E-state index is 12.3. The molecule has 24 heavy (non-hydrogen) atoms. The number of likely N-dealkylation sites (tertiary alicyclic amines) is 1. The zero-order valence-corrected chi connectivity index (χ0v) is 14.4. The Kier molecular flexibility index (Phi) is 5.06. The van der Waals surface area contributed by atoms with Crippen molar-refractivity contribution in [2.45, 2.75) is 18.9 Å². The number of phenolic OH excluding ortho intramolecular Hbond substituents is 2. The van der Waals surface area contributed by atoms with Gasteiger partial charge in [-0.05, 0) is 55.9 Å². The summed E-state index contributed by atoms with van der Waals surface area (Å²) in [4.78, 5) is 16.0. The second-order valence-corrected chi connectivity index (χ2v) is 7.21. The van der Waals surface area contributed by atoms with Gasteiger partial charge in [0, 0.05) is 17.5 Å². The van der Waals surface area contributed by atoms with Crippen LogP contribution in [0.2, 0.25) is 0 Å². The van der Waals surface area contributed by atoms with Crippen LogP contribution in [0.5, 0.6) is 11.5 Å². The third-order valence-electron chi connectivity index (χ3n) is 4.63. The molecule has 0 bridgehead atoms. The van der Waals surface area contributed by atoms with Crippen molar-refractivity contribution in [2.75, 3.05) is 20.1 Å². The van der Waals surface area contributed by atoms with Crippen LogP contribution in [0.1, 0.15) is 34.1 Å². The van der Waals surface area contributed by atoms with Gasteiger partial charge < -0.3 is 15.5 Å². The Morgan fingerprint density at radius 3 is 2.92 bits per heavy atom. The number of carbonyl (C=O) groups is 1. The average Bonchev–Trinajstić information content (AvgIpc) is 3.09. The molecule has 0 radical (unpaired) electrons. The molecule has 2 atom stereocenters. The summed E-state index contributed by atoms with van der Waals surface area (Å²) in [6.07, 6.45) is 2.16. The Hall–Kier alpha value is -2.05. The smallest absolute Gasteiger partial charge is 0.255 e. The highest BCUT2D eigenvalue weighted by atomic mass is 32.1. The number of nitrogens with zero attached hydrogens (tertiary/aromatic N) is 1. The molecule has 2 heterocycles. The number of thiophene rings is 1. The fourth-order valence-electron chi connectivity index (χ4n) is 3.42. The minimum Gasteiger partial charge on any atom is -0.504 e. The quantitative estimate of drug-likeness (QED) is 0.744. The SMILES string of the molecule is CN1CCC[C@@H](CNC(=O)c2cccc(O)c2O)[C@@H]1c1cccs1. The summed E-state index contributed by atoms with van der Waals surface area (Å²) < 4.78 is 0. The number of phenols is 2. The van der Waals surface area contributed by atoms with Crippen LogP contribution in [0.25, 0.3) is 0 Å². The van der Waals surface area contributed by atoms with Crippen LogP contribution in [-0.4, -0.2) is 41.2 Å². The normalized spacial score (nSPS) is 21.5. The number of benzene rings is 1. The molecule has 0 spiro atoms. The third kappa shape index (κ3) is 3.39. The highest BCUT2D eigenvalue weighted by molar-refractivity contribution is 7.10. The molecule has 1 aromatic carbocycles.